The number of hydrogen-bond acceptors (Lipinski definition) is 7. The van der Waals surface area contributed by atoms with Gasteiger partial charge in [0.2, 0.25) is 0 Å². The molecule has 2 unspecified atom stereocenters. The van der Waals surface area contributed by atoms with Gasteiger partial charge in [0.25, 0.3) is 17.7 Å². The zero-order chi connectivity index (χ0) is 35.6. The highest BCUT2D eigenvalue weighted by molar-refractivity contribution is 7.16. The first-order chi connectivity index (χ1) is 22.8. The van der Waals surface area contributed by atoms with Gasteiger partial charge in [-0.2, -0.15) is 10.3 Å². The van der Waals surface area contributed by atoms with Crippen molar-refractivity contribution in [2.75, 3.05) is 25.0 Å². The van der Waals surface area contributed by atoms with Gasteiger partial charge in [0.05, 0.1) is 10.6 Å². The SMILES string of the molecule is CCCCC(CC)CN(CC(CC)CCCC)c1nc(C(C)(C)C)c(/C=C2/C(=O)N(N(C)C(=O)c3ccccc3)C(=O)C(C#N)=C2C)s1. The second-order valence-electron chi connectivity index (χ2n) is 14.0. The molecule has 0 N–H and O–H groups in total. The number of benzene rings is 1. The summed E-state index contributed by atoms with van der Waals surface area (Å²) < 4.78 is 0. The smallest absolute Gasteiger partial charge is 0.290 e. The molecular weight excluding hydrogens is 619 g/mol. The molecule has 0 bridgehead atoms. The van der Waals surface area contributed by atoms with Crippen LogP contribution in [-0.4, -0.2) is 52.9 Å². The Bertz CT molecular complexity index is 1510. The molecule has 1 aromatic carbocycles. The largest absolute Gasteiger partial charge is 0.348 e. The third kappa shape index (κ3) is 9.22. The van der Waals surface area contributed by atoms with Gasteiger partial charge in [0.1, 0.15) is 11.6 Å². The highest BCUT2D eigenvalue weighted by atomic mass is 32.1. The molecule has 2 heterocycles. The number of aromatic nitrogens is 1. The van der Waals surface area contributed by atoms with Crippen LogP contribution < -0.4 is 4.90 Å². The normalized spacial score (nSPS) is 15.9. The van der Waals surface area contributed by atoms with Gasteiger partial charge in [-0.3, -0.25) is 14.4 Å². The highest BCUT2D eigenvalue weighted by Gasteiger charge is 2.40. The lowest BCUT2D eigenvalue weighted by Gasteiger charge is -2.33. The maximum absolute atomic E-state index is 14.1. The molecule has 2 atom stereocenters. The number of nitriles is 1. The Morgan fingerprint density at radius 3 is 2.02 bits per heavy atom. The van der Waals surface area contributed by atoms with Crippen LogP contribution in [0.3, 0.4) is 0 Å². The predicted molar refractivity (Wildman–Crippen MR) is 196 cm³/mol. The minimum atomic E-state index is -0.813. The third-order valence-electron chi connectivity index (χ3n) is 9.28. The molecule has 260 valence electrons. The maximum Gasteiger partial charge on any atom is 0.290 e. The third-order valence-corrected chi connectivity index (χ3v) is 10.3. The number of hydrazine groups is 1. The summed E-state index contributed by atoms with van der Waals surface area (Å²) in [5.74, 6) is -0.879. The van der Waals surface area contributed by atoms with E-state index in [0.29, 0.717) is 23.0 Å². The second-order valence-corrected chi connectivity index (χ2v) is 15.0. The summed E-state index contributed by atoms with van der Waals surface area (Å²) in [4.78, 5) is 49.5. The number of nitrogens with zero attached hydrogens (tertiary/aromatic N) is 5. The van der Waals surface area contributed by atoms with Crippen molar-refractivity contribution in [2.24, 2.45) is 11.8 Å². The van der Waals surface area contributed by atoms with E-state index < -0.39 is 17.7 Å². The van der Waals surface area contributed by atoms with Crippen LogP contribution in [0.4, 0.5) is 5.13 Å². The van der Waals surface area contributed by atoms with Crippen LogP contribution in [0.2, 0.25) is 0 Å². The molecule has 0 spiro atoms. The number of unbranched alkanes of at least 4 members (excludes halogenated alkanes) is 2. The molecule has 48 heavy (non-hydrogen) atoms. The van der Waals surface area contributed by atoms with Crippen molar-refractivity contribution in [2.45, 2.75) is 112 Å². The summed E-state index contributed by atoms with van der Waals surface area (Å²) in [6.07, 6.45) is 11.1. The molecule has 9 heteroatoms. The van der Waals surface area contributed by atoms with Gasteiger partial charge in [-0.1, -0.05) is 117 Å². The first kappa shape index (κ1) is 38.7. The average Bonchev–Trinajstić information content (AvgIpc) is 3.51. The van der Waals surface area contributed by atoms with Crippen LogP contribution in [0, 0.1) is 23.2 Å². The molecule has 1 aliphatic heterocycles. The van der Waals surface area contributed by atoms with Crippen LogP contribution in [0.1, 0.15) is 128 Å². The summed E-state index contributed by atoms with van der Waals surface area (Å²) in [6, 6.07) is 10.5. The summed E-state index contributed by atoms with van der Waals surface area (Å²) in [5.41, 5.74) is 1.18. The Morgan fingerprint density at radius 1 is 0.979 bits per heavy atom. The Labute approximate surface area is 292 Å². The fourth-order valence-corrected chi connectivity index (χ4v) is 7.35. The van der Waals surface area contributed by atoms with E-state index in [1.807, 2.05) is 6.07 Å². The summed E-state index contributed by atoms with van der Waals surface area (Å²) in [5, 5.41) is 12.8. The van der Waals surface area contributed by atoms with Crippen LogP contribution in [-0.2, 0) is 15.0 Å². The van der Waals surface area contributed by atoms with E-state index in [-0.39, 0.29) is 16.6 Å². The number of hydrogen-bond donors (Lipinski definition) is 0. The standard InChI is InChI=1S/C39H55N5O3S/c1-10-14-19-28(12-3)25-43(26-29(13-4)20-15-11-2)38-41-34(39(6,7)8)33(48-38)23-31-27(5)32(24-40)37(47)44(36(31)46)42(9)35(45)30-21-17-16-18-22-30/h16-18,21-23,28-29H,10-15,19-20,25-26H2,1-9H3/b31-23+. The van der Waals surface area contributed by atoms with Gasteiger partial charge >= 0.3 is 0 Å². The summed E-state index contributed by atoms with van der Waals surface area (Å²) in [6.45, 7) is 18.8. The van der Waals surface area contributed by atoms with Gasteiger partial charge in [-0.15, -0.1) is 0 Å². The molecule has 3 rings (SSSR count). The van der Waals surface area contributed by atoms with Crippen LogP contribution >= 0.6 is 11.3 Å². The quantitative estimate of drug-likeness (QED) is 0.130. The predicted octanol–water partition coefficient (Wildman–Crippen LogP) is 8.96. The van der Waals surface area contributed by atoms with Gasteiger partial charge in [0, 0.05) is 36.7 Å². The number of imide groups is 1. The molecule has 0 fully saturated rings. The fraction of sp³-hybridized carbons (Fsp3) is 0.564. The fourth-order valence-electron chi connectivity index (χ4n) is 6.11. The van der Waals surface area contributed by atoms with E-state index >= 15 is 0 Å². The Hall–Kier alpha value is -3.77. The summed E-state index contributed by atoms with van der Waals surface area (Å²) in [7, 11) is 1.38. The van der Waals surface area contributed by atoms with Gasteiger partial charge in [-0.05, 0) is 55.4 Å². The zero-order valence-electron chi connectivity index (χ0n) is 30.6. The van der Waals surface area contributed by atoms with Crippen molar-refractivity contribution >= 4 is 40.3 Å². The molecule has 0 radical (unpaired) electrons. The van der Waals surface area contributed by atoms with E-state index in [2.05, 4.69) is 53.4 Å². The van der Waals surface area contributed by atoms with Crippen molar-refractivity contribution in [3.05, 3.63) is 63.2 Å². The molecular formula is C39H55N5O3S. The number of rotatable bonds is 16. The molecule has 0 saturated carbocycles. The number of carbonyl (C=O) groups is 3. The van der Waals surface area contributed by atoms with E-state index in [4.69, 9.17) is 4.98 Å². The number of anilines is 1. The number of amides is 3. The Balaban J connectivity index is 2.15. The van der Waals surface area contributed by atoms with Crippen molar-refractivity contribution in [3.63, 3.8) is 0 Å². The first-order valence-electron chi connectivity index (χ1n) is 17.6. The second kappa shape index (κ2) is 17.6. The van der Waals surface area contributed by atoms with Gasteiger partial charge in [0.15, 0.2) is 5.13 Å². The van der Waals surface area contributed by atoms with Crippen molar-refractivity contribution in [3.8, 4) is 6.07 Å². The van der Waals surface area contributed by atoms with Crippen molar-refractivity contribution in [1.29, 1.82) is 5.26 Å². The molecule has 0 aliphatic carbocycles. The lowest BCUT2D eigenvalue weighted by atomic mass is 9.89. The molecule has 3 amide bonds. The molecule has 1 aliphatic rings. The highest BCUT2D eigenvalue weighted by Crippen LogP contribution is 2.39. The zero-order valence-corrected chi connectivity index (χ0v) is 31.4. The van der Waals surface area contributed by atoms with Crippen molar-refractivity contribution < 1.29 is 14.4 Å². The minimum absolute atomic E-state index is 0.166. The van der Waals surface area contributed by atoms with E-state index in [0.717, 1.165) is 51.7 Å². The summed E-state index contributed by atoms with van der Waals surface area (Å²) >= 11 is 1.56. The van der Waals surface area contributed by atoms with Crippen LogP contribution in [0.5, 0.6) is 0 Å². The van der Waals surface area contributed by atoms with Crippen LogP contribution in [0.25, 0.3) is 6.08 Å². The Kier molecular flexibility index (Phi) is 14.2. The minimum Gasteiger partial charge on any atom is -0.348 e. The molecule has 1 aromatic heterocycles. The monoisotopic (exact) mass is 673 g/mol. The van der Waals surface area contributed by atoms with Gasteiger partial charge < -0.3 is 4.90 Å². The average molecular weight is 674 g/mol. The van der Waals surface area contributed by atoms with Crippen molar-refractivity contribution in [1.82, 2.24) is 15.0 Å². The Morgan fingerprint density at radius 2 is 1.54 bits per heavy atom. The topological polar surface area (TPSA) is 97.6 Å². The van der Waals surface area contributed by atoms with E-state index in [9.17, 15) is 19.6 Å². The number of thiazole rings is 1. The first-order valence-corrected chi connectivity index (χ1v) is 18.4. The van der Waals surface area contributed by atoms with Gasteiger partial charge in [-0.25, -0.2) is 9.99 Å². The number of carbonyl (C=O) groups excluding carboxylic acids is 3. The molecule has 0 saturated heterocycles. The lowest BCUT2D eigenvalue weighted by Crippen LogP contribution is -2.53. The maximum atomic E-state index is 14.1. The molecule has 2 aromatic rings. The van der Waals surface area contributed by atoms with E-state index in [1.54, 1.807) is 54.7 Å². The van der Waals surface area contributed by atoms with Crippen LogP contribution in [0.15, 0.2) is 47.1 Å². The lowest BCUT2D eigenvalue weighted by molar-refractivity contribution is -0.153. The van der Waals surface area contributed by atoms with E-state index in [1.165, 1.54) is 45.6 Å². The molecule has 8 nitrogen and oxygen atoms in total.